The monoisotopic (exact) mass is 327 g/mol. The van der Waals surface area contributed by atoms with Gasteiger partial charge in [-0.2, -0.15) is 0 Å². The van der Waals surface area contributed by atoms with Crippen LogP contribution >= 0.6 is 0 Å². The zero-order valence-electron chi connectivity index (χ0n) is 13.7. The molecule has 0 atom stereocenters. The maximum Gasteiger partial charge on any atom is 0.260 e. The van der Waals surface area contributed by atoms with Gasteiger partial charge in [-0.1, -0.05) is 17.7 Å². The van der Waals surface area contributed by atoms with E-state index in [1.165, 1.54) is 6.07 Å². The summed E-state index contributed by atoms with van der Waals surface area (Å²) in [5, 5.41) is 0. The summed E-state index contributed by atoms with van der Waals surface area (Å²) in [6, 6.07) is 11.0. The molecule has 1 saturated heterocycles. The number of ether oxygens (including phenoxy) is 1. The number of nitrogens with zero attached hydrogens (tertiary/aromatic N) is 2. The second-order valence-electron chi connectivity index (χ2n) is 5.88. The van der Waals surface area contributed by atoms with Crippen LogP contribution < -0.4 is 15.2 Å². The quantitative estimate of drug-likeness (QED) is 0.922. The molecule has 126 valence electrons. The van der Waals surface area contributed by atoms with E-state index in [4.69, 9.17) is 4.74 Å². The molecule has 0 spiro atoms. The van der Waals surface area contributed by atoms with Gasteiger partial charge in [0, 0.05) is 38.4 Å². The molecule has 1 aliphatic rings. The first kappa shape index (κ1) is 16.1. The minimum Gasteiger partial charge on any atom is -0.484 e. The van der Waals surface area contributed by atoms with E-state index in [0.29, 0.717) is 18.8 Å². The van der Waals surface area contributed by atoms with Crippen LogP contribution in [-0.2, 0) is 4.79 Å². The number of aryl methyl sites for hydroxylation is 1. The smallest absolute Gasteiger partial charge is 0.260 e. The van der Waals surface area contributed by atoms with Gasteiger partial charge in [-0.3, -0.25) is 9.59 Å². The average molecular weight is 327 g/mol. The van der Waals surface area contributed by atoms with E-state index in [1.54, 1.807) is 12.3 Å². The largest absolute Gasteiger partial charge is 0.484 e. The summed E-state index contributed by atoms with van der Waals surface area (Å²) in [4.78, 5) is 30.0. The highest BCUT2D eigenvalue weighted by Crippen LogP contribution is 2.15. The highest BCUT2D eigenvalue weighted by molar-refractivity contribution is 5.78. The Morgan fingerprint density at radius 3 is 2.42 bits per heavy atom. The topological polar surface area (TPSA) is 65.6 Å². The van der Waals surface area contributed by atoms with Gasteiger partial charge in [0.2, 0.25) is 5.56 Å². The molecule has 1 amide bonds. The predicted octanol–water partition coefficient (Wildman–Crippen LogP) is 1.41. The molecule has 1 fully saturated rings. The van der Waals surface area contributed by atoms with Gasteiger partial charge in [0.25, 0.3) is 5.91 Å². The number of piperazine rings is 1. The summed E-state index contributed by atoms with van der Waals surface area (Å²) in [5.74, 6) is 0.706. The maximum atomic E-state index is 12.3. The number of carbonyl (C=O) groups excluding carboxylic acids is 1. The Morgan fingerprint density at radius 2 is 1.79 bits per heavy atom. The van der Waals surface area contributed by atoms with Crippen LogP contribution in [-0.4, -0.2) is 48.6 Å². The fraction of sp³-hybridized carbons (Fsp3) is 0.333. The van der Waals surface area contributed by atoms with Crippen molar-refractivity contribution in [3.05, 3.63) is 58.5 Å². The van der Waals surface area contributed by atoms with Crippen LogP contribution in [0.5, 0.6) is 5.75 Å². The van der Waals surface area contributed by atoms with Gasteiger partial charge in [0.1, 0.15) is 5.75 Å². The number of amides is 1. The number of carbonyl (C=O) groups is 1. The molecule has 0 aliphatic carbocycles. The lowest BCUT2D eigenvalue weighted by Crippen LogP contribution is -2.50. The third-order valence-corrected chi connectivity index (χ3v) is 4.15. The fourth-order valence-corrected chi connectivity index (χ4v) is 2.68. The SMILES string of the molecule is Cc1ccc(OCC(=O)N2CCN(c3ccc(=O)[nH]c3)CC2)cc1. The van der Waals surface area contributed by atoms with E-state index in [-0.39, 0.29) is 18.1 Å². The van der Waals surface area contributed by atoms with Crippen LogP contribution in [0, 0.1) is 6.92 Å². The molecule has 0 unspecified atom stereocenters. The minimum atomic E-state index is -0.110. The number of hydrogen-bond acceptors (Lipinski definition) is 4. The molecule has 0 bridgehead atoms. The van der Waals surface area contributed by atoms with Gasteiger partial charge >= 0.3 is 0 Å². The fourth-order valence-electron chi connectivity index (χ4n) is 2.68. The van der Waals surface area contributed by atoms with E-state index >= 15 is 0 Å². The molecule has 1 aliphatic heterocycles. The van der Waals surface area contributed by atoms with Crippen molar-refractivity contribution >= 4 is 11.6 Å². The van der Waals surface area contributed by atoms with E-state index < -0.39 is 0 Å². The standard InChI is InChI=1S/C18H21N3O3/c1-14-2-5-16(6-3-14)24-13-18(23)21-10-8-20(9-11-21)15-4-7-17(22)19-12-15/h2-7,12H,8-11,13H2,1H3,(H,19,22). The maximum absolute atomic E-state index is 12.3. The molecule has 1 aromatic carbocycles. The number of benzene rings is 1. The summed E-state index contributed by atoms with van der Waals surface area (Å²) in [6.45, 7) is 4.84. The Hall–Kier alpha value is -2.76. The van der Waals surface area contributed by atoms with Crippen LogP contribution in [0.3, 0.4) is 0 Å². The third-order valence-electron chi connectivity index (χ3n) is 4.15. The third kappa shape index (κ3) is 3.95. The highest BCUT2D eigenvalue weighted by atomic mass is 16.5. The number of aromatic amines is 1. The number of H-pyrrole nitrogens is 1. The van der Waals surface area contributed by atoms with E-state index in [0.717, 1.165) is 24.3 Å². The first-order valence-electron chi connectivity index (χ1n) is 8.03. The number of anilines is 1. The Labute approximate surface area is 140 Å². The number of hydrogen-bond donors (Lipinski definition) is 1. The van der Waals surface area contributed by atoms with Crippen molar-refractivity contribution in [1.82, 2.24) is 9.88 Å². The first-order chi connectivity index (χ1) is 11.6. The van der Waals surface area contributed by atoms with Crippen LogP contribution in [0.1, 0.15) is 5.56 Å². The lowest BCUT2D eigenvalue weighted by atomic mass is 10.2. The van der Waals surface area contributed by atoms with Crippen molar-refractivity contribution in [3.8, 4) is 5.75 Å². The van der Waals surface area contributed by atoms with Gasteiger partial charge in [-0.15, -0.1) is 0 Å². The van der Waals surface area contributed by atoms with E-state index in [2.05, 4.69) is 9.88 Å². The Bertz CT molecular complexity index is 726. The number of rotatable bonds is 4. The van der Waals surface area contributed by atoms with Crippen molar-refractivity contribution in [2.75, 3.05) is 37.7 Å². The molecule has 3 rings (SSSR count). The zero-order chi connectivity index (χ0) is 16.9. The lowest BCUT2D eigenvalue weighted by Gasteiger charge is -2.35. The Morgan fingerprint density at radius 1 is 1.08 bits per heavy atom. The molecule has 1 N–H and O–H groups in total. The van der Waals surface area contributed by atoms with E-state index in [9.17, 15) is 9.59 Å². The molecular formula is C18H21N3O3. The Balaban J connectivity index is 1.48. The summed E-state index contributed by atoms with van der Waals surface area (Å²) < 4.78 is 5.56. The summed E-state index contributed by atoms with van der Waals surface area (Å²) in [6.07, 6.45) is 1.71. The van der Waals surface area contributed by atoms with Gasteiger partial charge < -0.3 is 19.5 Å². The Kier molecular flexibility index (Phi) is 4.84. The van der Waals surface area contributed by atoms with Crippen LogP contribution in [0.15, 0.2) is 47.4 Å². The number of nitrogens with one attached hydrogen (secondary N) is 1. The van der Waals surface area contributed by atoms with Gasteiger partial charge in [-0.05, 0) is 25.1 Å². The average Bonchev–Trinajstić information content (AvgIpc) is 2.62. The zero-order valence-corrected chi connectivity index (χ0v) is 13.7. The van der Waals surface area contributed by atoms with Crippen molar-refractivity contribution in [2.24, 2.45) is 0 Å². The molecule has 0 radical (unpaired) electrons. The number of pyridine rings is 1. The summed E-state index contributed by atoms with van der Waals surface area (Å²) in [5.41, 5.74) is 2.02. The van der Waals surface area contributed by atoms with Crippen molar-refractivity contribution in [2.45, 2.75) is 6.92 Å². The van der Waals surface area contributed by atoms with Crippen LogP contribution in [0.25, 0.3) is 0 Å². The lowest BCUT2D eigenvalue weighted by molar-refractivity contribution is -0.133. The second kappa shape index (κ2) is 7.21. The molecule has 1 aromatic heterocycles. The highest BCUT2D eigenvalue weighted by Gasteiger charge is 2.21. The van der Waals surface area contributed by atoms with E-state index in [1.807, 2.05) is 36.1 Å². The predicted molar refractivity (Wildman–Crippen MR) is 92.5 cm³/mol. The molecule has 6 nitrogen and oxygen atoms in total. The van der Waals surface area contributed by atoms with Crippen molar-refractivity contribution in [3.63, 3.8) is 0 Å². The summed E-state index contributed by atoms with van der Waals surface area (Å²) in [7, 11) is 0. The molecule has 2 aromatic rings. The van der Waals surface area contributed by atoms with Crippen molar-refractivity contribution < 1.29 is 9.53 Å². The van der Waals surface area contributed by atoms with Gasteiger partial charge in [0.15, 0.2) is 6.61 Å². The molecule has 2 heterocycles. The molecule has 6 heteroatoms. The second-order valence-corrected chi connectivity index (χ2v) is 5.88. The normalized spacial score (nSPS) is 14.5. The van der Waals surface area contributed by atoms with Gasteiger partial charge in [0.05, 0.1) is 5.69 Å². The van der Waals surface area contributed by atoms with Crippen LogP contribution in [0.2, 0.25) is 0 Å². The molecular weight excluding hydrogens is 306 g/mol. The summed E-state index contributed by atoms with van der Waals surface area (Å²) >= 11 is 0. The molecule has 24 heavy (non-hydrogen) atoms. The van der Waals surface area contributed by atoms with Crippen LogP contribution in [0.4, 0.5) is 5.69 Å². The first-order valence-corrected chi connectivity index (χ1v) is 8.03. The van der Waals surface area contributed by atoms with Gasteiger partial charge in [-0.25, -0.2) is 0 Å². The number of aromatic nitrogens is 1. The van der Waals surface area contributed by atoms with Crippen molar-refractivity contribution in [1.29, 1.82) is 0 Å². The molecule has 0 saturated carbocycles. The minimum absolute atomic E-state index is 0.00306.